The largest absolute Gasteiger partial charge is 0.370 e. The van der Waals surface area contributed by atoms with Crippen molar-refractivity contribution in [3.05, 3.63) is 36.0 Å². The minimum absolute atomic E-state index is 0.613. The third-order valence-electron chi connectivity index (χ3n) is 2.49. The number of aromatic nitrogens is 1. The Morgan fingerprint density at radius 1 is 1.33 bits per heavy atom. The van der Waals surface area contributed by atoms with Crippen molar-refractivity contribution < 1.29 is 4.74 Å². The molecule has 0 unspecified atom stereocenters. The summed E-state index contributed by atoms with van der Waals surface area (Å²) >= 11 is 0. The summed E-state index contributed by atoms with van der Waals surface area (Å²) in [6.07, 6.45) is 3.10. The van der Waals surface area contributed by atoms with Crippen molar-refractivity contribution >= 4 is 10.9 Å². The summed E-state index contributed by atoms with van der Waals surface area (Å²) in [5.74, 6) is 0. The fourth-order valence-corrected chi connectivity index (χ4v) is 1.74. The zero-order chi connectivity index (χ0) is 10.5. The van der Waals surface area contributed by atoms with Gasteiger partial charge in [0.25, 0.3) is 0 Å². The van der Waals surface area contributed by atoms with E-state index in [9.17, 15) is 0 Å². The molecule has 1 aromatic heterocycles. The van der Waals surface area contributed by atoms with Crippen LogP contribution in [-0.2, 0) is 11.2 Å². The van der Waals surface area contributed by atoms with Crippen LogP contribution in [0.15, 0.2) is 30.5 Å². The Kier molecular flexibility index (Phi) is 3.37. The summed E-state index contributed by atoms with van der Waals surface area (Å²) in [6.45, 7) is 1.55. The molecule has 0 radical (unpaired) electrons. The van der Waals surface area contributed by atoms with Gasteiger partial charge in [-0.15, -0.1) is 0 Å². The van der Waals surface area contributed by atoms with Gasteiger partial charge < -0.3 is 9.72 Å². The number of aromatic amines is 1. The number of rotatable bonds is 5. The number of hydrogen-bond acceptors (Lipinski definition) is 2. The lowest BCUT2D eigenvalue weighted by Crippen LogP contribution is -2.19. The molecule has 1 aromatic carbocycles. The Bertz CT molecular complexity index is 422. The van der Waals surface area contributed by atoms with E-state index >= 15 is 0 Å². The number of methoxy groups -OCH3 is 1. The summed E-state index contributed by atoms with van der Waals surface area (Å²) in [5, 5.41) is 4.52. The van der Waals surface area contributed by atoms with Crippen molar-refractivity contribution in [1.82, 2.24) is 10.3 Å². The number of H-pyrrole nitrogens is 1. The van der Waals surface area contributed by atoms with Crippen molar-refractivity contribution in [2.45, 2.75) is 6.42 Å². The minimum atomic E-state index is 0.613. The van der Waals surface area contributed by atoms with Gasteiger partial charge >= 0.3 is 0 Å². The van der Waals surface area contributed by atoms with Gasteiger partial charge in [-0.2, -0.15) is 0 Å². The standard InChI is InChI=1S/C12H16N2O/c1-15-9-13-7-6-10-8-14-12-5-3-2-4-11(10)12/h2-5,8,13-14H,6-7,9H2,1H3. The van der Waals surface area contributed by atoms with Crippen LogP contribution in [0.4, 0.5) is 0 Å². The maximum Gasteiger partial charge on any atom is 0.0961 e. The molecule has 1 heterocycles. The van der Waals surface area contributed by atoms with Crippen LogP contribution in [0.3, 0.4) is 0 Å². The first-order valence-corrected chi connectivity index (χ1v) is 5.16. The zero-order valence-corrected chi connectivity index (χ0v) is 8.92. The first-order valence-electron chi connectivity index (χ1n) is 5.16. The predicted octanol–water partition coefficient (Wildman–Crippen LogP) is 1.90. The van der Waals surface area contributed by atoms with Gasteiger partial charge in [0, 0.05) is 30.8 Å². The first kappa shape index (κ1) is 10.2. The van der Waals surface area contributed by atoms with E-state index in [2.05, 4.69) is 34.7 Å². The number of para-hydroxylation sites is 1. The fourth-order valence-electron chi connectivity index (χ4n) is 1.74. The second-order valence-corrected chi connectivity index (χ2v) is 3.54. The molecule has 15 heavy (non-hydrogen) atoms. The van der Waals surface area contributed by atoms with Crippen molar-refractivity contribution in [3.8, 4) is 0 Å². The molecule has 0 aliphatic rings. The molecule has 0 fully saturated rings. The number of fused-ring (bicyclic) bond motifs is 1. The molecule has 0 saturated heterocycles. The van der Waals surface area contributed by atoms with Gasteiger partial charge in [-0.3, -0.25) is 5.32 Å². The second kappa shape index (κ2) is 4.96. The summed E-state index contributed by atoms with van der Waals surface area (Å²) in [4.78, 5) is 3.27. The van der Waals surface area contributed by atoms with Crippen molar-refractivity contribution in [1.29, 1.82) is 0 Å². The SMILES string of the molecule is COCNCCc1c[nH]c2ccccc12. The maximum absolute atomic E-state index is 4.93. The molecule has 2 rings (SSSR count). The molecular formula is C12H16N2O. The van der Waals surface area contributed by atoms with Gasteiger partial charge in [-0.05, 0) is 18.1 Å². The summed E-state index contributed by atoms with van der Waals surface area (Å²) < 4.78 is 4.93. The van der Waals surface area contributed by atoms with E-state index in [-0.39, 0.29) is 0 Å². The quantitative estimate of drug-likeness (QED) is 0.576. The highest BCUT2D eigenvalue weighted by atomic mass is 16.5. The van der Waals surface area contributed by atoms with E-state index < -0.39 is 0 Å². The van der Waals surface area contributed by atoms with E-state index in [0.717, 1.165) is 13.0 Å². The molecule has 0 atom stereocenters. The lowest BCUT2D eigenvalue weighted by Gasteiger charge is -2.02. The third-order valence-corrected chi connectivity index (χ3v) is 2.49. The molecule has 0 aliphatic heterocycles. The molecular weight excluding hydrogens is 188 g/mol. The van der Waals surface area contributed by atoms with Gasteiger partial charge in [0.05, 0.1) is 6.73 Å². The van der Waals surface area contributed by atoms with Crippen LogP contribution in [0.2, 0.25) is 0 Å². The van der Waals surface area contributed by atoms with Crippen LogP contribution in [0.25, 0.3) is 10.9 Å². The molecule has 80 valence electrons. The number of hydrogen-bond donors (Lipinski definition) is 2. The van der Waals surface area contributed by atoms with Crippen LogP contribution in [0.5, 0.6) is 0 Å². The Hall–Kier alpha value is -1.32. The molecule has 0 bridgehead atoms. The highest BCUT2D eigenvalue weighted by molar-refractivity contribution is 5.83. The molecule has 3 nitrogen and oxygen atoms in total. The number of nitrogens with one attached hydrogen (secondary N) is 2. The summed E-state index contributed by atoms with van der Waals surface area (Å²) in [7, 11) is 1.69. The molecule has 0 aliphatic carbocycles. The van der Waals surface area contributed by atoms with E-state index in [1.54, 1.807) is 7.11 Å². The van der Waals surface area contributed by atoms with Crippen LogP contribution in [0, 0.1) is 0 Å². The van der Waals surface area contributed by atoms with E-state index in [1.807, 2.05) is 6.07 Å². The van der Waals surface area contributed by atoms with Crippen molar-refractivity contribution in [3.63, 3.8) is 0 Å². The average Bonchev–Trinajstić information content (AvgIpc) is 2.68. The smallest absolute Gasteiger partial charge is 0.0961 e. The van der Waals surface area contributed by atoms with Crippen molar-refractivity contribution in [2.24, 2.45) is 0 Å². The molecule has 0 amide bonds. The molecule has 2 aromatic rings. The molecule has 0 spiro atoms. The Morgan fingerprint density at radius 2 is 2.20 bits per heavy atom. The second-order valence-electron chi connectivity index (χ2n) is 3.54. The van der Waals surface area contributed by atoms with E-state index in [1.165, 1.54) is 16.5 Å². The van der Waals surface area contributed by atoms with Crippen LogP contribution >= 0.6 is 0 Å². The van der Waals surface area contributed by atoms with Gasteiger partial charge in [0.1, 0.15) is 0 Å². The zero-order valence-electron chi connectivity index (χ0n) is 8.92. The lowest BCUT2D eigenvalue weighted by atomic mass is 10.1. The molecule has 3 heteroatoms. The lowest BCUT2D eigenvalue weighted by molar-refractivity contribution is 0.176. The average molecular weight is 204 g/mol. The predicted molar refractivity (Wildman–Crippen MR) is 61.9 cm³/mol. The first-order chi connectivity index (χ1) is 7.42. The third kappa shape index (κ3) is 2.37. The molecule has 2 N–H and O–H groups in total. The number of ether oxygens (including phenoxy) is 1. The van der Waals surface area contributed by atoms with Gasteiger partial charge in [-0.25, -0.2) is 0 Å². The van der Waals surface area contributed by atoms with Gasteiger partial charge in [0.15, 0.2) is 0 Å². The Morgan fingerprint density at radius 3 is 3.07 bits per heavy atom. The number of benzene rings is 1. The van der Waals surface area contributed by atoms with Crippen LogP contribution < -0.4 is 5.32 Å². The maximum atomic E-state index is 4.93. The van der Waals surface area contributed by atoms with E-state index in [4.69, 9.17) is 4.74 Å². The summed E-state index contributed by atoms with van der Waals surface area (Å²) in [5.41, 5.74) is 2.56. The Balaban J connectivity index is 2.02. The highest BCUT2D eigenvalue weighted by Crippen LogP contribution is 2.17. The van der Waals surface area contributed by atoms with Crippen LogP contribution in [-0.4, -0.2) is 25.4 Å². The normalized spacial score (nSPS) is 11.0. The van der Waals surface area contributed by atoms with Crippen molar-refractivity contribution in [2.75, 3.05) is 20.4 Å². The van der Waals surface area contributed by atoms with Crippen LogP contribution in [0.1, 0.15) is 5.56 Å². The van der Waals surface area contributed by atoms with E-state index in [0.29, 0.717) is 6.73 Å². The topological polar surface area (TPSA) is 37.0 Å². The highest BCUT2D eigenvalue weighted by Gasteiger charge is 2.01. The summed E-state index contributed by atoms with van der Waals surface area (Å²) in [6, 6.07) is 8.37. The monoisotopic (exact) mass is 204 g/mol. The minimum Gasteiger partial charge on any atom is -0.370 e. The van der Waals surface area contributed by atoms with Gasteiger partial charge in [0.2, 0.25) is 0 Å². The fraction of sp³-hybridized carbons (Fsp3) is 0.333. The molecule has 0 saturated carbocycles. The Labute approximate surface area is 89.4 Å². The van der Waals surface area contributed by atoms with Gasteiger partial charge in [-0.1, -0.05) is 18.2 Å².